The topological polar surface area (TPSA) is 151 Å². The summed E-state index contributed by atoms with van der Waals surface area (Å²) in [4.78, 5) is 37.8. The summed E-state index contributed by atoms with van der Waals surface area (Å²) in [6.45, 7) is 6.09. The first-order valence-electron chi connectivity index (χ1n) is 15.6. The normalized spacial score (nSPS) is 11.5. The molecule has 0 aliphatic heterocycles. The number of amides is 2. The van der Waals surface area contributed by atoms with Crippen LogP contribution in [0.5, 0.6) is 5.75 Å². The van der Waals surface area contributed by atoms with E-state index in [1.54, 1.807) is 39.0 Å². The minimum Gasteiger partial charge on any atom is -0.494 e. The molecule has 1 aromatic heterocycles. The second kappa shape index (κ2) is 20.8. The van der Waals surface area contributed by atoms with Crippen LogP contribution in [-0.4, -0.2) is 49.4 Å². The lowest BCUT2D eigenvalue weighted by Gasteiger charge is -2.22. The highest BCUT2D eigenvalue weighted by Crippen LogP contribution is 2.17. The van der Waals surface area contributed by atoms with Crippen LogP contribution in [-0.2, 0) is 20.7 Å². The Morgan fingerprint density at radius 3 is 2.07 bits per heavy atom. The highest BCUT2D eigenvalue weighted by Gasteiger charge is 2.26. The van der Waals surface area contributed by atoms with Gasteiger partial charge in [0.2, 0.25) is 0 Å². The Kier molecular flexibility index (Phi) is 17.1. The van der Waals surface area contributed by atoms with Crippen LogP contribution in [0.15, 0.2) is 36.4 Å². The predicted molar refractivity (Wildman–Crippen MR) is 173 cm³/mol. The van der Waals surface area contributed by atoms with Crippen molar-refractivity contribution >= 4 is 29.3 Å². The third kappa shape index (κ3) is 16.5. The molecular weight excluding hydrogens is 592 g/mol. The van der Waals surface area contributed by atoms with Crippen molar-refractivity contribution in [2.45, 2.75) is 103 Å². The van der Waals surface area contributed by atoms with E-state index in [0.717, 1.165) is 37.0 Å². The molecule has 2 amide bonds. The van der Waals surface area contributed by atoms with Crippen LogP contribution in [0.2, 0.25) is 0 Å². The number of carbonyl (C=O) groups is 3. The summed E-state index contributed by atoms with van der Waals surface area (Å²) < 4.78 is 16.0. The number of carbonyl (C=O) groups excluding carboxylic acids is 3. The Bertz CT molecular complexity index is 1270. The van der Waals surface area contributed by atoms with Gasteiger partial charge in [-0.1, -0.05) is 63.5 Å². The van der Waals surface area contributed by atoms with Crippen LogP contribution >= 0.6 is 11.3 Å². The molecule has 0 saturated carbocycles. The van der Waals surface area contributed by atoms with Crippen molar-refractivity contribution in [3.63, 3.8) is 0 Å². The monoisotopic (exact) mass is 638 g/mol. The number of esters is 1. The molecular formula is C34H46N4O6S. The molecule has 244 valence electrons. The molecule has 1 aromatic carbocycles. The number of ether oxygens (including phenoxy) is 3. The Labute approximate surface area is 271 Å². The van der Waals surface area contributed by atoms with E-state index < -0.39 is 30.3 Å². The number of nitrogens with one attached hydrogen (secondary N) is 2. The fraction of sp³-hybridized carbons (Fsp3) is 0.559. The lowest BCUT2D eigenvalue weighted by Crippen LogP contribution is -2.45. The fourth-order valence-electron chi connectivity index (χ4n) is 4.44. The van der Waals surface area contributed by atoms with Gasteiger partial charge in [0.15, 0.2) is 6.61 Å². The van der Waals surface area contributed by atoms with Gasteiger partial charge in [-0.05, 0) is 63.4 Å². The maximum Gasteiger partial charge on any atom is 0.408 e. The zero-order valence-corrected chi connectivity index (χ0v) is 27.5. The molecule has 1 heterocycles. The van der Waals surface area contributed by atoms with Crippen LogP contribution in [0.1, 0.15) is 105 Å². The SMILES string of the molecule is CC(C)(C)OC(=O)N[C@@H](Cc1ccc(OCCCCCCCCCCCCNC(=O)c2ccc(C#N)s2)cc1)C(=O)OCC#N. The van der Waals surface area contributed by atoms with Crippen LogP contribution in [0.25, 0.3) is 0 Å². The average Bonchev–Trinajstić information content (AvgIpc) is 3.49. The summed E-state index contributed by atoms with van der Waals surface area (Å²) in [5, 5.41) is 23.0. The van der Waals surface area contributed by atoms with Crippen molar-refractivity contribution in [3.05, 3.63) is 51.7 Å². The third-order valence-corrected chi connectivity index (χ3v) is 7.67. The van der Waals surface area contributed by atoms with Crippen molar-refractivity contribution < 1.29 is 28.6 Å². The molecule has 0 spiro atoms. The van der Waals surface area contributed by atoms with Crippen molar-refractivity contribution in [2.75, 3.05) is 19.8 Å². The Balaban J connectivity index is 1.52. The quantitative estimate of drug-likeness (QED) is 0.118. The molecule has 0 bridgehead atoms. The first kappa shape index (κ1) is 37.1. The van der Waals surface area contributed by atoms with E-state index >= 15 is 0 Å². The average molecular weight is 639 g/mol. The molecule has 11 heteroatoms. The first-order chi connectivity index (χ1) is 21.6. The van der Waals surface area contributed by atoms with Crippen LogP contribution in [0, 0.1) is 22.7 Å². The highest BCUT2D eigenvalue weighted by atomic mass is 32.1. The molecule has 45 heavy (non-hydrogen) atoms. The van der Waals surface area contributed by atoms with E-state index in [2.05, 4.69) is 16.7 Å². The van der Waals surface area contributed by atoms with E-state index in [0.29, 0.717) is 22.9 Å². The summed E-state index contributed by atoms with van der Waals surface area (Å²) in [6.07, 6.45) is 10.8. The molecule has 2 N–H and O–H groups in total. The second-order valence-corrected chi connectivity index (χ2v) is 12.8. The van der Waals surface area contributed by atoms with E-state index in [9.17, 15) is 14.4 Å². The van der Waals surface area contributed by atoms with E-state index in [1.165, 1.54) is 49.9 Å². The van der Waals surface area contributed by atoms with Crippen molar-refractivity contribution in [3.8, 4) is 17.9 Å². The molecule has 1 atom stereocenters. The number of alkyl carbamates (subject to hydrolysis) is 1. The summed E-state index contributed by atoms with van der Waals surface area (Å²) >= 11 is 1.22. The van der Waals surface area contributed by atoms with Crippen molar-refractivity contribution in [2.24, 2.45) is 0 Å². The van der Waals surface area contributed by atoms with E-state index in [-0.39, 0.29) is 12.3 Å². The summed E-state index contributed by atoms with van der Waals surface area (Å²) in [5.41, 5.74) is 0.0830. The van der Waals surface area contributed by atoms with Gasteiger partial charge >= 0.3 is 12.1 Å². The van der Waals surface area contributed by atoms with Gasteiger partial charge in [0.05, 0.1) is 11.5 Å². The molecule has 2 aromatic rings. The number of unbranched alkanes of at least 4 members (excludes halogenated alkanes) is 9. The van der Waals surface area contributed by atoms with Gasteiger partial charge in [0.1, 0.15) is 34.4 Å². The number of thiophene rings is 1. The molecule has 0 saturated heterocycles. The minimum atomic E-state index is -0.989. The minimum absolute atomic E-state index is 0.0981. The Morgan fingerprint density at radius 2 is 1.49 bits per heavy atom. The van der Waals surface area contributed by atoms with Gasteiger partial charge < -0.3 is 24.8 Å². The molecule has 0 aliphatic carbocycles. The lowest BCUT2D eigenvalue weighted by atomic mass is 10.1. The maximum atomic E-state index is 12.4. The predicted octanol–water partition coefficient (Wildman–Crippen LogP) is 6.83. The number of hydrogen-bond donors (Lipinski definition) is 2. The Hall–Kier alpha value is -4.09. The van der Waals surface area contributed by atoms with Crippen molar-refractivity contribution in [1.29, 1.82) is 10.5 Å². The van der Waals surface area contributed by atoms with Crippen LogP contribution in [0.4, 0.5) is 4.79 Å². The molecule has 10 nitrogen and oxygen atoms in total. The van der Waals surface area contributed by atoms with Crippen LogP contribution < -0.4 is 15.4 Å². The number of benzene rings is 1. The van der Waals surface area contributed by atoms with Gasteiger partial charge in [-0.2, -0.15) is 10.5 Å². The van der Waals surface area contributed by atoms with Crippen LogP contribution in [0.3, 0.4) is 0 Å². The number of rotatable bonds is 20. The lowest BCUT2D eigenvalue weighted by molar-refractivity contribution is -0.144. The third-order valence-electron chi connectivity index (χ3n) is 6.68. The zero-order chi connectivity index (χ0) is 32.9. The molecule has 0 aliphatic rings. The standard InChI is InChI=1S/C34H46N4O6S/c1-34(2,3)44-33(41)38-29(32(40)43-23-20-35)24-26-14-16-27(17-15-26)42-22-13-11-9-7-5-4-6-8-10-12-21-37-31(39)30-19-18-28(25-36)45-30/h14-19,29H,4-13,21-24H2,1-3H3,(H,37,39)(H,38,41)/t29-/m0/s1. The summed E-state index contributed by atoms with van der Waals surface area (Å²) in [6, 6.07) is 13.5. The molecule has 0 radical (unpaired) electrons. The van der Waals surface area contributed by atoms with E-state index in [1.807, 2.05) is 24.3 Å². The number of nitriles is 2. The fourth-order valence-corrected chi connectivity index (χ4v) is 5.16. The molecule has 2 rings (SSSR count). The van der Waals surface area contributed by atoms with Gasteiger partial charge in [-0.15, -0.1) is 11.3 Å². The smallest absolute Gasteiger partial charge is 0.408 e. The Morgan fingerprint density at radius 1 is 0.867 bits per heavy atom. The van der Waals surface area contributed by atoms with Gasteiger partial charge in [-0.25, -0.2) is 9.59 Å². The maximum absolute atomic E-state index is 12.4. The number of nitrogens with zero attached hydrogens (tertiary/aromatic N) is 2. The summed E-state index contributed by atoms with van der Waals surface area (Å²) in [5.74, 6) is -0.0615. The van der Waals surface area contributed by atoms with Gasteiger partial charge in [-0.3, -0.25) is 4.79 Å². The molecule has 0 unspecified atom stereocenters. The highest BCUT2D eigenvalue weighted by molar-refractivity contribution is 7.14. The largest absolute Gasteiger partial charge is 0.494 e. The second-order valence-electron chi connectivity index (χ2n) is 11.7. The summed E-state index contributed by atoms with van der Waals surface area (Å²) in [7, 11) is 0. The zero-order valence-electron chi connectivity index (χ0n) is 26.7. The molecule has 0 fully saturated rings. The van der Waals surface area contributed by atoms with E-state index in [4.69, 9.17) is 24.7 Å². The van der Waals surface area contributed by atoms with Crippen molar-refractivity contribution in [1.82, 2.24) is 10.6 Å². The number of hydrogen-bond acceptors (Lipinski definition) is 9. The van der Waals surface area contributed by atoms with Gasteiger partial charge in [0, 0.05) is 13.0 Å². The first-order valence-corrected chi connectivity index (χ1v) is 16.5. The van der Waals surface area contributed by atoms with Gasteiger partial charge in [0.25, 0.3) is 5.91 Å².